The van der Waals surface area contributed by atoms with Gasteiger partial charge in [0.25, 0.3) is 0 Å². The molecular formula is C32H32Br2. The van der Waals surface area contributed by atoms with E-state index in [1.807, 2.05) is 0 Å². The van der Waals surface area contributed by atoms with E-state index in [4.69, 9.17) is 0 Å². The predicted molar refractivity (Wildman–Crippen MR) is 156 cm³/mol. The maximum atomic E-state index is 3.94. The number of hydrogen-bond acceptors (Lipinski definition) is 0. The maximum absolute atomic E-state index is 3.94. The van der Waals surface area contributed by atoms with Gasteiger partial charge in [0.05, 0.1) is 0 Å². The third-order valence-corrected chi connectivity index (χ3v) is 7.60. The van der Waals surface area contributed by atoms with Gasteiger partial charge in [-0.3, -0.25) is 0 Å². The van der Waals surface area contributed by atoms with E-state index in [0.29, 0.717) is 0 Å². The van der Waals surface area contributed by atoms with Crippen LogP contribution in [0.15, 0.2) is 93.9 Å². The molecule has 0 heterocycles. The summed E-state index contributed by atoms with van der Waals surface area (Å²) in [6.07, 6.45) is 0. The van der Waals surface area contributed by atoms with Gasteiger partial charge in [0, 0.05) is 8.95 Å². The van der Waals surface area contributed by atoms with Gasteiger partial charge in [-0.2, -0.15) is 0 Å². The fourth-order valence-corrected chi connectivity index (χ4v) is 5.63. The summed E-state index contributed by atoms with van der Waals surface area (Å²) >= 11 is 7.87. The molecule has 174 valence electrons. The molecule has 4 aromatic carbocycles. The van der Waals surface area contributed by atoms with E-state index in [-0.39, 0.29) is 10.8 Å². The molecule has 0 radical (unpaired) electrons. The molecule has 4 aromatic rings. The van der Waals surface area contributed by atoms with E-state index in [1.54, 1.807) is 0 Å². The minimum absolute atomic E-state index is 0.0226. The number of benzene rings is 4. The zero-order valence-corrected chi connectivity index (χ0v) is 24.0. The molecule has 4 rings (SSSR count). The van der Waals surface area contributed by atoms with Gasteiger partial charge in [0.15, 0.2) is 0 Å². The summed E-state index contributed by atoms with van der Waals surface area (Å²) in [6.45, 7) is 13.7. The zero-order chi connectivity index (χ0) is 24.7. The lowest BCUT2D eigenvalue weighted by molar-refractivity contribution is 0.591. The van der Waals surface area contributed by atoms with E-state index in [1.165, 1.54) is 44.5 Å². The molecule has 2 heteroatoms. The van der Waals surface area contributed by atoms with Crippen LogP contribution in [-0.2, 0) is 10.8 Å². The molecule has 0 aromatic heterocycles. The molecule has 0 fully saturated rings. The van der Waals surface area contributed by atoms with Crippen LogP contribution in [0.2, 0.25) is 0 Å². The van der Waals surface area contributed by atoms with Crippen LogP contribution >= 0.6 is 31.9 Å². The van der Waals surface area contributed by atoms with Crippen LogP contribution in [0.4, 0.5) is 0 Å². The van der Waals surface area contributed by atoms with Crippen molar-refractivity contribution < 1.29 is 0 Å². The van der Waals surface area contributed by atoms with E-state index >= 15 is 0 Å². The van der Waals surface area contributed by atoms with Crippen molar-refractivity contribution >= 4 is 31.9 Å². The first-order valence-electron chi connectivity index (χ1n) is 11.8. The predicted octanol–water partition coefficient (Wildman–Crippen LogP) is 10.8. The molecule has 0 bridgehead atoms. The number of hydrogen-bond donors (Lipinski definition) is 0. The Bertz CT molecular complexity index is 1200. The van der Waals surface area contributed by atoms with Gasteiger partial charge < -0.3 is 0 Å². The van der Waals surface area contributed by atoms with Gasteiger partial charge in [-0.05, 0) is 79.6 Å². The Morgan fingerprint density at radius 3 is 1.06 bits per heavy atom. The van der Waals surface area contributed by atoms with Crippen LogP contribution in [0, 0.1) is 0 Å². The molecule has 0 amide bonds. The van der Waals surface area contributed by atoms with Crippen molar-refractivity contribution in [1.82, 2.24) is 0 Å². The summed E-state index contributed by atoms with van der Waals surface area (Å²) in [5.41, 5.74) is 10.1. The van der Waals surface area contributed by atoms with E-state index in [2.05, 4.69) is 158 Å². The molecule has 0 aliphatic carbocycles. The normalized spacial score (nSPS) is 12.1. The molecule has 0 aliphatic heterocycles. The fourth-order valence-electron chi connectivity index (χ4n) is 4.51. The van der Waals surface area contributed by atoms with Gasteiger partial charge in [0.1, 0.15) is 0 Å². The first-order valence-corrected chi connectivity index (χ1v) is 13.3. The average Bonchev–Trinajstić information content (AvgIpc) is 2.79. The lowest BCUT2D eigenvalue weighted by atomic mass is 9.79. The standard InChI is InChI=1S/C32H32Br2/c1-31(2,3)27-19-29(33)25(17-23(27)21-13-9-7-10-14-21)26-18-24(22-15-11-8-12-16-22)28(20-30(26)34)32(4,5)6/h7-20H,1-6H3. The summed E-state index contributed by atoms with van der Waals surface area (Å²) in [7, 11) is 0. The first-order chi connectivity index (χ1) is 16.0. The second-order valence-electron chi connectivity index (χ2n) is 11.0. The minimum Gasteiger partial charge on any atom is -0.0622 e. The molecule has 0 saturated heterocycles. The second kappa shape index (κ2) is 9.47. The summed E-state index contributed by atoms with van der Waals surface area (Å²) < 4.78 is 2.22. The molecule has 0 nitrogen and oxygen atoms in total. The molecule has 0 N–H and O–H groups in total. The Morgan fingerprint density at radius 2 is 0.765 bits per heavy atom. The lowest BCUT2D eigenvalue weighted by Gasteiger charge is -2.27. The fraction of sp³-hybridized carbons (Fsp3) is 0.250. The van der Waals surface area contributed by atoms with Gasteiger partial charge in [-0.25, -0.2) is 0 Å². The molecule has 0 spiro atoms. The highest BCUT2D eigenvalue weighted by molar-refractivity contribution is 9.11. The third-order valence-electron chi connectivity index (χ3n) is 6.29. The van der Waals surface area contributed by atoms with E-state index in [0.717, 1.165) is 8.95 Å². The van der Waals surface area contributed by atoms with Gasteiger partial charge in [-0.15, -0.1) is 0 Å². The monoisotopic (exact) mass is 574 g/mol. The Labute approximate surface area is 221 Å². The smallest absolute Gasteiger partial charge is 0.0257 e. The Balaban J connectivity index is 2.02. The molecule has 0 unspecified atom stereocenters. The average molecular weight is 576 g/mol. The van der Waals surface area contributed by atoms with Crippen molar-refractivity contribution in [2.75, 3.05) is 0 Å². The van der Waals surface area contributed by atoms with Crippen molar-refractivity contribution in [1.29, 1.82) is 0 Å². The summed E-state index contributed by atoms with van der Waals surface area (Å²) in [6, 6.07) is 30.8. The molecule has 0 saturated carbocycles. The van der Waals surface area contributed by atoms with Crippen molar-refractivity contribution in [3.05, 3.63) is 105 Å². The second-order valence-corrected chi connectivity index (χ2v) is 12.7. The zero-order valence-electron chi connectivity index (χ0n) is 20.8. The molecule has 34 heavy (non-hydrogen) atoms. The van der Waals surface area contributed by atoms with E-state index < -0.39 is 0 Å². The van der Waals surface area contributed by atoms with Crippen molar-refractivity contribution in [3.8, 4) is 33.4 Å². The van der Waals surface area contributed by atoms with Crippen LogP contribution in [0.5, 0.6) is 0 Å². The highest BCUT2D eigenvalue weighted by Gasteiger charge is 2.25. The SMILES string of the molecule is CC(C)(C)c1cc(Br)c(-c2cc(-c3ccccc3)c(C(C)(C)C)cc2Br)cc1-c1ccccc1. The highest BCUT2D eigenvalue weighted by Crippen LogP contribution is 2.45. The number of halogens is 2. The Hall–Kier alpha value is -2.16. The van der Waals surface area contributed by atoms with Crippen molar-refractivity contribution in [3.63, 3.8) is 0 Å². The Kier molecular flexibility index (Phi) is 6.95. The molecule has 0 aliphatic rings. The highest BCUT2D eigenvalue weighted by atomic mass is 79.9. The van der Waals surface area contributed by atoms with Crippen molar-refractivity contribution in [2.45, 2.75) is 52.4 Å². The topological polar surface area (TPSA) is 0 Å². The van der Waals surface area contributed by atoms with E-state index in [9.17, 15) is 0 Å². The molecular weight excluding hydrogens is 544 g/mol. The third kappa shape index (κ3) is 5.09. The number of rotatable bonds is 3. The van der Waals surface area contributed by atoms with Gasteiger partial charge in [0.2, 0.25) is 0 Å². The van der Waals surface area contributed by atoms with Gasteiger partial charge >= 0.3 is 0 Å². The van der Waals surface area contributed by atoms with Crippen molar-refractivity contribution in [2.24, 2.45) is 0 Å². The van der Waals surface area contributed by atoms with Crippen LogP contribution in [0.1, 0.15) is 52.7 Å². The lowest BCUT2D eigenvalue weighted by Crippen LogP contribution is -2.14. The quantitative estimate of drug-likeness (QED) is 0.228. The van der Waals surface area contributed by atoms with Crippen LogP contribution in [0.3, 0.4) is 0 Å². The Morgan fingerprint density at radius 1 is 0.441 bits per heavy atom. The maximum Gasteiger partial charge on any atom is 0.0257 e. The summed E-state index contributed by atoms with van der Waals surface area (Å²) in [5.74, 6) is 0. The summed E-state index contributed by atoms with van der Waals surface area (Å²) in [4.78, 5) is 0. The first kappa shape index (κ1) is 24.9. The van der Waals surface area contributed by atoms with Gasteiger partial charge in [-0.1, -0.05) is 134 Å². The summed E-state index contributed by atoms with van der Waals surface area (Å²) in [5, 5.41) is 0. The molecule has 0 atom stereocenters. The largest absolute Gasteiger partial charge is 0.0622 e. The minimum atomic E-state index is 0.0226. The van der Waals surface area contributed by atoms with Crippen LogP contribution in [-0.4, -0.2) is 0 Å². The van der Waals surface area contributed by atoms with Crippen LogP contribution in [0.25, 0.3) is 33.4 Å². The van der Waals surface area contributed by atoms with Crippen LogP contribution < -0.4 is 0 Å².